The Balaban J connectivity index is 0.000000146. The molecule has 4 fully saturated rings. The van der Waals surface area contributed by atoms with Crippen LogP contribution in [-0.4, -0.2) is 121 Å². The molecule has 8 N–H and O–H groups in total. The van der Waals surface area contributed by atoms with Crippen molar-refractivity contribution >= 4 is 111 Å². The number of rotatable bonds is 20. The normalized spacial score (nSPS) is 18.2. The Morgan fingerprint density at radius 1 is 0.614 bits per heavy atom. The van der Waals surface area contributed by atoms with Gasteiger partial charge in [0.2, 0.25) is 5.91 Å². The lowest BCUT2D eigenvalue weighted by Gasteiger charge is -2.36. The number of aromatic nitrogens is 11. The van der Waals surface area contributed by atoms with Crippen LogP contribution in [0.15, 0.2) is 124 Å². The van der Waals surface area contributed by atoms with Gasteiger partial charge in [-0.25, -0.2) is 15.0 Å². The molecule has 0 radical (unpaired) electrons. The van der Waals surface area contributed by atoms with Crippen molar-refractivity contribution in [2.75, 3.05) is 69.3 Å². The van der Waals surface area contributed by atoms with E-state index in [4.69, 9.17) is 15.0 Å². The SMILES string of the molecule is C.O=C(Nc1ccc(CNc2cc(N3CCCC[C@H]3CCO)nc3c(Br)cnn23)cc1)C1CC1.OCC[C@@H]1CCCN1c1cc(NCc2cccnc2)n2ncc(Br)c2n1.[O-][n+]1cccc(CNc2cc(N[C@@H]3CCCC[C@@H]3CO)nc3c(Br)cnn23)c1. The molecule has 2 saturated heterocycles. The monoisotopic (exact) mass is 1390 g/mol. The molecule has 2 aliphatic carbocycles. The zero-order valence-corrected chi connectivity index (χ0v) is 53.0. The Kier molecular flexibility index (Phi) is 22.0. The van der Waals surface area contributed by atoms with Crippen LogP contribution in [0.4, 0.5) is 40.6 Å². The molecule has 13 rings (SSSR count). The Bertz CT molecular complexity index is 3740. The number of amides is 1. The second kappa shape index (κ2) is 30.3. The van der Waals surface area contributed by atoms with Crippen molar-refractivity contribution in [3.63, 3.8) is 0 Å². The van der Waals surface area contributed by atoms with E-state index in [1.54, 1.807) is 39.9 Å². The maximum Gasteiger partial charge on any atom is 0.227 e. The largest absolute Gasteiger partial charge is 0.619 e. The minimum atomic E-state index is 0. The number of aliphatic hydroxyl groups excluding tert-OH is 3. The molecule has 9 aromatic rings. The van der Waals surface area contributed by atoms with Crippen molar-refractivity contribution in [1.29, 1.82) is 0 Å². The van der Waals surface area contributed by atoms with Crippen LogP contribution in [0.2, 0.25) is 0 Å². The van der Waals surface area contributed by atoms with Crippen LogP contribution in [0.1, 0.15) is 108 Å². The lowest BCUT2D eigenvalue weighted by molar-refractivity contribution is -0.605. The number of nitrogens with one attached hydrogen (secondary N) is 5. The van der Waals surface area contributed by atoms with E-state index in [1.165, 1.54) is 18.8 Å². The third-order valence-electron chi connectivity index (χ3n) is 16.4. The third-order valence-corrected chi connectivity index (χ3v) is 18.1. The van der Waals surface area contributed by atoms with Gasteiger partial charge in [0.15, 0.2) is 29.3 Å². The summed E-state index contributed by atoms with van der Waals surface area (Å²) in [7, 11) is 0. The number of aliphatic hydroxyl groups is 3. The maximum atomic E-state index is 12.0. The molecule has 1 aromatic carbocycles. The van der Waals surface area contributed by atoms with Crippen LogP contribution >= 0.6 is 47.8 Å². The van der Waals surface area contributed by atoms with Gasteiger partial charge < -0.3 is 56.9 Å². The van der Waals surface area contributed by atoms with Crippen LogP contribution in [0.3, 0.4) is 0 Å². The first-order chi connectivity index (χ1) is 42.5. The van der Waals surface area contributed by atoms with Gasteiger partial charge in [0.25, 0.3) is 0 Å². The molecule has 2 saturated carbocycles. The number of hydrogen-bond acceptors (Lipinski definition) is 18. The van der Waals surface area contributed by atoms with Crippen molar-refractivity contribution < 1.29 is 24.8 Å². The van der Waals surface area contributed by atoms with E-state index in [-0.39, 0.29) is 51.0 Å². The molecule has 0 bridgehead atoms. The lowest BCUT2D eigenvalue weighted by atomic mass is 9.85. The number of fused-ring (bicyclic) bond motifs is 3. The number of halogens is 3. The minimum absolute atomic E-state index is 0. The Labute approximate surface area is 536 Å². The average Bonchev–Trinajstić information content (AvgIpc) is 1.74. The predicted octanol–water partition coefficient (Wildman–Crippen LogP) is 10.4. The number of anilines is 7. The summed E-state index contributed by atoms with van der Waals surface area (Å²) in [6, 6.07) is 22.4. The molecule has 23 nitrogen and oxygen atoms in total. The van der Waals surface area contributed by atoms with Gasteiger partial charge in [-0.15, -0.1) is 0 Å². The van der Waals surface area contributed by atoms with Crippen molar-refractivity contribution in [1.82, 2.24) is 48.8 Å². The van der Waals surface area contributed by atoms with Gasteiger partial charge in [-0.2, -0.15) is 33.6 Å². The first-order valence-electron chi connectivity index (χ1n) is 30.0. The van der Waals surface area contributed by atoms with E-state index in [1.807, 2.05) is 71.4 Å². The summed E-state index contributed by atoms with van der Waals surface area (Å²) >= 11 is 10.6. The number of hydrogen-bond donors (Lipinski definition) is 8. The number of carbonyl (C=O) groups is 1. The minimum Gasteiger partial charge on any atom is -0.619 e. The van der Waals surface area contributed by atoms with Gasteiger partial charge >= 0.3 is 0 Å². The van der Waals surface area contributed by atoms with E-state index in [9.17, 15) is 25.3 Å². The van der Waals surface area contributed by atoms with Crippen LogP contribution in [0.25, 0.3) is 16.9 Å². The predicted molar refractivity (Wildman–Crippen MR) is 353 cm³/mol. The fourth-order valence-electron chi connectivity index (χ4n) is 11.7. The first kappa shape index (κ1) is 63.8. The van der Waals surface area contributed by atoms with Crippen LogP contribution in [0, 0.1) is 17.0 Å². The Morgan fingerprint density at radius 3 is 1.74 bits per heavy atom. The average molecular weight is 1390 g/mol. The molecule has 4 aliphatic rings. The molecule has 0 spiro atoms. The highest BCUT2D eigenvalue weighted by molar-refractivity contribution is 9.11. The van der Waals surface area contributed by atoms with Gasteiger partial charge in [0.05, 0.1) is 32.0 Å². The number of benzene rings is 1. The second-order valence-electron chi connectivity index (χ2n) is 22.5. The molecular weight excluding hydrogens is 1320 g/mol. The molecule has 0 unspecified atom stereocenters. The highest BCUT2D eigenvalue weighted by Crippen LogP contribution is 2.34. The van der Waals surface area contributed by atoms with Gasteiger partial charge in [-0.1, -0.05) is 38.5 Å². The second-order valence-corrected chi connectivity index (χ2v) is 25.1. The van der Waals surface area contributed by atoms with Gasteiger partial charge in [0.1, 0.15) is 34.9 Å². The van der Waals surface area contributed by atoms with Crippen molar-refractivity contribution in [2.24, 2.45) is 11.8 Å². The van der Waals surface area contributed by atoms with Crippen molar-refractivity contribution in [3.05, 3.63) is 145 Å². The van der Waals surface area contributed by atoms with E-state index in [0.717, 1.165) is 177 Å². The Morgan fingerprint density at radius 2 is 1.16 bits per heavy atom. The highest BCUT2D eigenvalue weighted by Gasteiger charge is 2.31. The molecule has 10 heterocycles. The number of pyridine rings is 2. The van der Waals surface area contributed by atoms with E-state index < -0.39 is 0 Å². The summed E-state index contributed by atoms with van der Waals surface area (Å²) in [5.41, 5.74) is 6.16. The van der Waals surface area contributed by atoms with Crippen LogP contribution in [0.5, 0.6) is 0 Å². The molecule has 88 heavy (non-hydrogen) atoms. The Hall–Kier alpha value is -7.23. The molecular formula is C62H77Br3N18O5. The molecule has 4 atom stereocenters. The smallest absolute Gasteiger partial charge is 0.227 e. The molecule has 466 valence electrons. The third kappa shape index (κ3) is 15.8. The molecule has 1 amide bonds. The number of carbonyl (C=O) groups excluding carboxylic acids is 1. The zero-order chi connectivity index (χ0) is 60.2. The fourth-order valence-corrected chi connectivity index (χ4v) is 12.7. The van der Waals surface area contributed by atoms with Crippen molar-refractivity contribution in [2.45, 2.75) is 129 Å². The zero-order valence-electron chi connectivity index (χ0n) is 48.2. The first-order valence-corrected chi connectivity index (χ1v) is 32.3. The van der Waals surface area contributed by atoms with E-state index in [0.29, 0.717) is 37.4 Å². The summed E-state index contributed by atoms with van der Waals surface area (Å²) in [6.45, 7) is 4.23. The maximum absolute atomic E-state index is 12.0. The molecule has 8 aromatic heterocycles. The van der Waals surface area contributed by atoms with Crippen LogP contribution in [-0.2, 0) is 24.4 Å². The van der Waals surface area contributed by atoms with Gasteiger partial charge in [-0.05, 0) is 154 Å². The van der Waals surface area contributed by atoms with Crippen molar-refractivity contribution in [3.8, 4) is 0 Å². The fraction of sp³-hybridized carbons (Fsp3) is 0.435. The summed E-state index contributed by atoms with van der Waals surface area (Å²) in [5.74, 6) is 5.65. The molecule has 26 heteroatoms. The summed E-state index contributed by atoms with van der Waals surface area (Å²) in [5, 5.41) is 70.1. The summed E-state index contributed by atoms with van der Waals surface area (Å²) in [4.78, 5) is 35.1. The quantitative estimate of drug-likeness (QED) is 0.0260. The van der Waals surface area contributed by atoms with Gasteiger partial charge in [0, 0.05) is 130 Å². The number of piperidine rings is 1. The van der Waals surface area contributed by atoms with Gasteiger partial charge in [-0.3, -0.25) is 9.78 Å². The van der Waals surface area contributed by atoms with Crippen LogP contribution < -0.4 is 41.1 Å². The lowest BCUT2D eigenvalue weighted by Crippen LogP contribution is -2.40. The number of nitrogens with zero attached hydrogens (tertiary/aromatic N) is 13. The summed E-state index contributed by atoms with van der Waals surface area (Å²) < 4.78 is 8.64. The molecule has 2 aliphatic heterocycles. The standard InChI is InChI=1S/C24H29BrN6O2.C19H23BrN6O2.C18H21BrN6O.CH4/c25-20-15-27-31-21(13-22(29-23(20)31)30-11-2-1-3-19(30)10-12-32)26-14-16-4-8-18(9-5-16)28-24(33)17-6-7-17;20-15-10-22-26-18(21-9-13-4-3-7-25(28)11-13)8-17(24-19(15)26)23-16-6-2-1-5-14(16)12-27;19-15-12-22-25-16(21-11-13-3-1-6-20-10-13)9-17(23-18(15)25)24-7-2-4-14(24)5-8-26;/h4-5,8-9,13,15,17,19,26,32H,1-3,6-7,10-12,14H2,(H,28,33);3-4,7-8,10-11,14,16,21,27H,1-2,5-6,9,12H2,(H,23,24);1,3,6,9-10,12,14,21,26H,2,4-5,7-8,11H2;1H4/t19-;14-,16-;14-;/m010./s1. The topological polar surface area (TPSA) is 275 Å². The van der Waals surface area contributed by atoms with E-state index in [2.05, 4.69) is 104 Å². The van der Waals surface area contributed by atoms with E-state index >= 15 is 0 Å². The summed E-state index contributed by atoms with van der Waals surface area (Å²) in [6.07, 6.45) is 25.3. The highest BCUT2D eigenvalue weighted by atomic mass is 79.9.